The fourth-order valence-corrected chi connectivity index (χ4v) is 2.80. The first-order valence-electron chi connectivity index (χ1n) is 8.76. The molecule has 0 spiro atoms. The van der Waals surface area contributed by atoms with Gasteiger partial charge in [-0.2, -0.15) is 4.98 Å². The Bertz CT molecular complexity index is 990. The van der Waals surface area contributed by atoms with E-state index in [1.807, 2.05) is 49.4 Å². The maximum absolute atomic E-state index is 12.2. The fourth-order valence-electron chi connectivity index (χ4n) is 2.80. The summed E-state index contributed by atoms with van der Waals surface area (Å²) in [5, 5.41) is 3.62. The van der Waals surface area contributed by atoms with Crippen molar-refractivity contribution in [3.8, 4) is 17.4 Å². The molecule has 1 aliphatic heterocycles. The van der Waals surface area contributed by atoms with E-state index < -0.39 is 0 Å². The highest BCUT2D eigenvalue weighted by molar-refractivity contribution is 5.84. The lowest BCUT2D eigenvalue weighted by molar-refractivity contribution is -0.123. The van der Waals surface area contributed by atoms with E-state index in [0.717, 1.165) is 22.2 Å². The summed E-state index contributed by atoms with van der Waals surface area (Å²) in [5.41, 5.74) is 1.73. The number of nitrogens with one attached hydrogen (secondary N) is 1. The van der Waals surface area contributed by atoms with Crippen LogP contribution in [-0.4, -0.2) is 29.3 Å². The zero-order chi connectivity index (χ0) is 18.6. The van der Waals surface area contributed by atoms with Gasteiger partial charge < -0.3 is 19.5 Å². The van der Waals surface area contributed by atoms with Gasteiger partial charge in [-0.25, -0.2) is 4.98 Å². The van der Waals surface area contributed by atoms with Crippen molar-refractivity contribution < 1.29 is 19.0 Å². The van der Waals surface area contributed by atoms with Crippen molar-refractivity contribution in [2.24, 2.45) is 0 Å². The minimum atomic E-state index is -0.228. The van der Waals surface area contributed by atoms with Crippen LogP contribution < -0.4 is 19.5 Å². The molecule has 1 N–H and O–H groups in total. The van der Waals surface area contributed by atoms with Crippen LogP contribution in [-0.2, 0) is 17.8 Å². The number of nitrogens with zero attached hydrogens (tertiary/aromatic N) is 2. The Balaban J connectivity index is 1.39. The van der Waals surface area contributed by atoms with E-state index in [1.165, 1.54) is 0 Å². The third kappa shape index (κ3) is 3.76. The molecule has 0 atom stereocenters. The van der Waals surface area contributed by atoms with Gasteiger partial charge in [-0.1, -0.05) is 25.1 Å². The normalized spacial score (nSPS) is 12.2. The Kier molecular flexibility index (Phi) is 4.74. The second-order valence-corrected chi connectivity index (χ2v) is 6.07. The second-order valence-electron chi connectivity index (χ2n) is 6.07. The molecule has 7 nitrogen and oxygen atoms in total. The van der Waals surface area contributed by atoms with Crippen molar-refractivity contribution in [3.63, 3.8) is 0 Å². The number of benzene rings is 2. The van der Waals surface area contributed by atoms with Crippen molar-refractivity contribution >= 4 is 16.8 Å². The topological polar surface area (TPSA) is 82.6 Å². The molecular weight excluding hydrogens is 346 g/mol. The summed E-state index contributed by atoms with van der Waals surface area (Å²) in [6.07, 6.45) is 0.692. The number of carbonyl (C=O) groups excluding carboxylic acids is 1. The Labute approximate surface area is 156 Å². The first kappa shape index (κ1) is 17.1. The van der Waals surface area contributed by atoms with Crippen molar-refractivity contribution in [2.75, 3.05) is 13.4 Å². The molecule has 0 saturated heterocycles. The van der Waals surface area contributed by atoms with Gasteiger partial charge in [0.05, 0.1) is 10.9 Å². The summed E-state index contributed by atoms with van der Waals surface area (Å²) in [5.74, 6) is 2.29. The Morgan fingerprint density at radius 2 is 2.00 bits per heavy atom. The molecule has 2 heterocycles. The van der Waals surface area contributed by atoms with Gasteiger partial charge in [0.25, 0.3) is 5.91 Å². The van der Waals surface area contributed by atoms with E-state index in [1.54, 1.807) is 0 Å². The van der Waals surface area contributed by atoms with Crippen LogP contribution in [0.25, 0.3) is 10.9 Å². The number of hydrogen-bond donors (Lipinski definition) is 1. The van der Waals surface area contributed by atoms with Gasteiger partial charge in [-0.15, -0.1) is 0 Å². The number of ether oxygens (including phenoxy) is 3. The summed E-state index contributed by atoms with van der Waals surface area (Å²) < 4.78 is 16.3. The largest absolute Gasteiger partial charge is 0.467 e. The number of aromatic nitrogens is 2. The first-order valence-corrected chi connectivity index (χ1v) is 8.76. The van der Waals surface area contributed by atoms with E-state index in [0.29, 0.717) is 30.4 Å². The fraction of sp³-hybridized carbons (Fsp3) is 0.250. The highest BCUT2D eigenvalue weighted by atomic mass is 16.7. The van der Waals surface area contributed by atoms with Crippen LogP contribution in [0.15, 0.2) is 42.5 Å². The number of amides is 1. The second kappa shape index (κ2) is 7.49. The molecule has 0 radical (unpaired) electrons. The zero-order valence-corrected chi connectivity index (χ0v) is 14.9. The van der Waals surface area contributed by atoms with Gasteiger partial charge in [-0.3, -0.25) is 4.79 Å². The molecular formula is C20H19N3O4. The highest BCUT2D eigenvalue weighted by Crippen LogP contribution is 2.32. The van der Waals surface area contributed by atoms with Gasteiger partial charge >= 0.3 is 0 Å². The molecule has 0 aliphatic carbocycles. The molecule has 4 rings (SSSR count). The predicted molar refractivity (Wildman–Crippen MR) is 98.8 cm³/mol. The third-order valence-corrected chi connectivity index (χ3v) is 4.20. The van der Waals surface area contributed by atoms with Crippen LogP contribution >= 0.6 is 0 Å². The number of fused-ring (bicyclic) bond motifs is 2. The van der Waals surface area contributed by atoms with Crippen molar-refractivity contribution in [1.82, 2.24) is 15.3 Å². The van der Waals surface area contributed by atoms with Gasteiger partial charge in [0.1, 0.15) is 5.82 Å². The van der Waals surface area contributed by atoms with Crippen LogP contribution in [0.3, 0.4) is 0 Å². The molecule has 2 aromatic carbocycles. The number of hydrogen-bond acceptors (Lipinski definition) is 6. The molecule has 7 heteroatoms. The average Bonchev–Trinajstić information content (AvgIpc) is 3.18. The van der Waals surface area contributed by atoms with E-state index in [2.05, 4.69) is 15.3 Å². The number of aryl methyl sites for hydroxylation is 1. The standard InChI is InChI=1S/C20H19N3O4/c1-2-18-22-15-6-4-3-5-14(15)20(23-18)25-11-19(24)21-10-13-7-8-16-17(9-13)27-12-26-16/h3-9H,2,10-12H2,1H3,(H,21,24). The van der Waals surface area contributed by atoms with Crippen molar-refractivity contribution in [2.45, 2.75) is 19.9 Å². The minimum absolute atomic E-state index is 0.116. The molecule has 1 aliphatic rings. The monoisotopic (exact) mass is 365 g/mol. The molecule has 1 amide bonds. The van der Waals surface area contributed by atoms with Crippen LogP contribution in [0.5, 0.6) is 17.4 Å². The average molecular weight is 365 g/mol. The van der Waals surface area contributed by atoms with E-state index in [9.17, 15) is 4.79 Å². The lowest BCUT2D eigenvalue weighted by Gasteiger charge is -2.10. The van der Waals surface area contributed by atoms with Crippen LogP contribution in [0.1, 0.15) is 18.3 Å². The van der Waals surface area contributed by atoms with Crippen LogP contribution in [0.2, 0.25) is 0 Å². The number of para-hydroxylation sites is 1. The highest BCUT2D eigenvalue weighted by Gasteiger charge is 2.14. The molecule has 1 aromatic heterocycles. The first-order chi connectivity index (χ1) is 13.2. The summed E-state index contributed by atoms with van der Waals surface area (Å²) >= 11 is 0. The van der Waals surface area contributed by atoms with Gasteiger partial charge in [0, 0.05) is 13.0 Å². The Morgan fingerprint density at radius 3 is 2.89 bits per heavy atom. The summed E-state index contributed by atoms with van der Waals surface area (Å²) in [7, 11) is 0. The van der Waals surface area contributed by atoms with Crippen LogP contribution in [0.4, 0.5) is 0 Å². The van der Waals surface area contributed by atoms with Crippen LogP contribution in [0, 0.1) is 0 Å². The van der Waals surface area contributed by atoms with E-state index >= 15 is 0 Å². The quantitative estimate of drug-likeness (QED) is 0.723. The molecule has 0 saturated carbocycles. The SMILES string of the molecule is CCc1nc(OCC(=O)NCc2ccc3c(c2)OCO3)c2ccccc2n1. The maximum atomic E-state index is 12.2. The number of carbonyl (C=O) groups is 1. The maximum Gasteiger partial charge on any atom is 0.258 e. The van der Waals surface area contributed by atoms with E-state index in [4.69, 9.17) is 14.2 Å². The van der Waals surface area contributed by atoms with Gasteiger partial charge in [0.2, 0.25) is 12.7 Å². The molecule has 0 bridgehead atoms. The van der Waals surface area contributed by atoms with Crippen molar-refractivity contribution in [3.05, 3.63) is 53.9 Å². The molecule has 0 unspecified atom stereocenters. The zero-order valence-electron chi connectivity index (χ0n) is 14.9. The third-order valence-electron chi connectivity index (χ3n) is 4.20. The molecule has 0 fully saturated rings. The lowest BCUT2D eigenvalue weighted by atomic mass is 10.2. The number of rotatable bonds is 6. The molecule has 3 aromatic rings. The summed E-state index contributed by atoms with van der Waals surface area (Å²) in [4.78, 5) is 21.1. The van der Waals surface area contributed by atoms with Gasteiger partial charge in [0.15, 0.2) is 18.1 Å². The Morgan fingerprint density at radius 1 is 1.15 bits per heavy atom. The van der Waals surface area contributed by atoms with Gasteiger partial charge in [-0.05, 0) is 29.8 Å². The van der Waals surface area contributed by atoms with Crippen molar-refractivity contribution in [1.29, 1.82) is 0 Å². The molecule has 138 valence electrons. The Hall–Kier alpha value is -3.35. The lowest BCUT2D eigenvalue weighted by Crippen LogP contribution is -2.28. The minimum Gasteiger partial charge on any atom is -0.467 e. The van der Waals surface area contributed by atoms with E-state index in [-0.39, 0.29) is 19.3 Å². The summed E-state index contributed by atoms with van der Waals surface area (Å²) in [6, 6.07) is 13.2. The molecule has 27 heavy (non-hydrogen) atoms. The summed E-state index contributed by atoms with van der Waals surface area (Å²) in [6.45, 7) is 2.47. The predicted octanol–water partition coefficient (Wildman–Crippen LogP) is 2.62. The smallest absolute Gasteiger partial charge is 0.258 e.